The zero-order chi connectivity index (χ0) is 11.5. The predicted octanol–water partition coefficient (Wildman–Crippen LogP) is 2.92. The minimum Gasteiger partial charge on any atom is -0.387 e. The minimum absolute atomic E-state index is 0.252. The van der Waals surface area contributed by atoms with Gasteiger partial charge in [-0.05, 0) is 5.56 Å². The molecule has 1 aromatic carbocycles. The molecule has 5 heteroatoms. The van der Waals surface area contributed by atoms with E-state index in [-0.39, 0.29) is 5.15 Å². The van der Waals surface area contributed by atoms with Crippen LogP contribution in [-0.4, -0.2) is 14.7 Å². The second kappa shape index (κ2) is 4.87. The van der Waals surface area contributed by atoms with E-state index in [4.69, 9.17) is 23.2 Å². The van der Waals surface area contributed by atoms with Gasteiger partial charge in [-0.3, -0.25) is 0 Å². The molecule has 1 heterocycles. The Kier molecular flexibility index (Phi) is 3.49. The monoisotopic (exact) mass is 256 g/mol. The third-order valence-electron chi connectivity index (χ3n) is 2.29. The van der Waals surface area contributed by atoms with Gasteiger partial charge in [0, 0.05) is 0 Å². The van der Waals surface area contributed by atoms with Crippen molar-refractivity contribution in [2.24, 2.45) is 0 Å². The molecule has 1 unspecified atom stereocenters. The molecule has 1 atom stereocenters. The molecule has 0 aliphatic heterocycles. The molecule has 0 aliphatic carbocycles. The summed E-state index contributed by atoms with van der Waals surface area (Å²) in [6.07, 6.45) is 0.889. The summed E-state index contributed by atoms with van der Waals surface area (Å²) in [5, 5.41) is 10.6. The highest BCUT2D eigenvalue weighted by molar-refractivity contribution is 6.40. The third kappa shape index (κ3) is 2.38. The first kappa shape index (κ1) is 11.5. The van der Waals surface area contributed by atoms with Crippen LogP contribution in [0.4, 0.5) is 0 Å². The second-order valence-electron chi connectivity index (χ2n) is 3.41. The molecule has 1 aromatic heterocycles. The van der Waals surface area contributed by atoms with Crippen LogP contribution in [0.1, 0.15) is 11.7 Å². The first-order chi connectivity index (χ1) is 7.68. The van der Waals surface area contributed by atoms with Gasteiger partial charge in [0.15, 0.2) is 5.15 Å². The van der Waals surface area contributed by atoms with Crippen molar-refractivity contribution < 1.29 is 5.11 Å². The molecule has 0 spiro atoms. The summed E-state index contributed by atoms with van der Waals surface area (Å²) in [6.45, 7) is 0.336. The van der Waals surface area contributed by atoms with E-state index in [1.165, 1.54) is 6.33 Å². The fourth-order valence-corrected chi connectivity index (χ4v) is 1.75. The molecule has 3 nitrogen and oxygen atoms in total. The molecule has 0 aliphatic rings. The largest absolute Gasteiger partial charge is 0.387 e. The third-order valence-corrected chi connectivity index (χ3v) is 3.06. The maximum atomic E-state index is 9.96. The van der Waals surface area contributed by atoms with Gasteiger partial charge in [0.2, 0.25) is 0 Å². The summed E-state index contributed by atoms with van der Waals surface area (Å²) in [7, 11) is 0. The topological polar surface area (TPSA) is 38.0 Å². The van der Waals surface area contributed by atoms with Crippen molar-refractivity contribution in [3.63, 3.8) is 0 Å². The highest BCUT2D eigenvalue weighted by Crippen LogP contribution is 2.22. The Bertz CT molecular complexity index is 470. The lowest BCUT2D eigenvalue weighted by Crippen LogP contribution is -2.07. The van der Waals surface area contributed by atoms with Gasteiger partial charge >= 0.3 is 0 Å². The van der Waals surface area contributed by atoms with Crippen LogP contribution in [0.3, 0.4) is 0 Å². The van der Waals surface area contributed by atoms with E-state index in [0.717, 1.165) is 5.56 Å². The Morgan fingerprint density at radius 3 is 2.50 bits per heavy atom. The fraction of sp³-hybridized carbons (Fsp3) is 0.182. The fourth-order valence-electron chi connectivity index (χ4n) is 1.44. The van der Waals surface area contributed by atoms with E-state index in [2.05, 4.69) is 4.98 Å². The SMILES string of the molecule is OC(Cn1cnc(Cl)c1Cl)c1ccccc1. The van der Waals surface area contributed by atoms with Crippen molar-refractivity contribution in [2.45, 2.75) is 12.6 Å². The highest BCUT2D eigenvalue weighted by Gasteiger charge is 2.12. The first-order valence-corrected chi connectivity index (χ1v) is 5.53. The molecule has 0 radical (unpaired) electrons. The Morgan fingerprint density at radius 2 is 1.94 bits per heavy atom. The van der Waals surface area contributed by atoms with E-state index in [1.54, 1.807) is 4.57 Å². The number of rotatable bonds is 3. The van der Waals surface area contributed by atoms with Gasteiger partial charge in [-0.2, -0.15) is 0 Å². The molecule has 1 N–H and O–H groups in total. The van der Waals surface area contributed by atoms with Gasteiger partial charge in [0.1, 0.15) is 5.15 Å². The summed E-state index contributed by atoms with van der Waals surface area (Å²) in [5.74, 6) is 0. The number of imidazole rings is 1. The number of halogens is 2. The number of nitrogens with zero attached hydrogens (tertiary/aromatic N) is 2. The van der Waals surface area contributed by atoms with Crippen LogP contribution in [0.25, 0.3) is 0 Å². The predicted molar refractivity (Wildman–Crippen MR) is 63.6 cm³/mol. The van der Waals surface area contributed by atoms with Crippen molar-refractivity contribution in [1.29, 1.82) is 0 Å². The Hall–Kier alpha value is -1.03. The lowest BCUT2D eigenvalue weighted by Gasteiger charge is -2.12. The van der Waals surface area contributed by atoms with Gasteiger partial charge in [0.05, 0.1) is 19.0 Å². The van der Waals surface area contributed by atoms with Gasteiger partial charge in [-0.25, -0.2) is 4.98 Å². The van der Waals surface area contributed by atoms with Crippen LogP contribution in [-0.2, 0) is 6.54 Å². The molecular formula is C11H10Cl2N2O. The number of hydrogen-bond acceptors (Lipinski definition) is 2. The lowest BCUT2D eigenvalue weighted by atomic mass is 10.1. The molecule has 0 fully saturated rings. The minimum atomic E-state index is -0.621. The first-order valence-electron chi connectivity index (χ1n) is 4.77. The van der Waals surface area contributed by atoms with Gasteiger partial charge in [0.25, 0.3) is 0 Å². The van der Waals surface area contributed by atoms with E-state index in [1.807, 2.05) is 30.3 Å². The highest BCUT2D eigenvalue weighted by atomic mass is 35.5. The summed E-state index contributed by atoms with van der Waals surface area (Å²) in [4.78, 5) is 3.85. The zero-order valence-corrected chi connectivity index (χ0v) is 9.86. The standard InChI is InChI=1S/C11H10Cl2N2O/c12-10-11(13)15(7-14-10)6-9(16)8-4-2-1-3-5-8/h1-5,7,9,16H,6H2. The van der Waals surface area contributed by atoms with E-state index >= 15 is 0 Å². The van der Waals surface area contributed by atoms with Crippen molar-refractivity contribution in [1.82, 2.24) is 9.55 Å². The van der Waals surface area contributed by atoms with E-state index < -0.39 is 6.10 Å². The number of hydrogen-bond donors (Lipinski definition) is 1. The van der Waals surface area contributed by atoms with Crippen LogP contribution in [0.5, 0.6) is 0 Å². The maximum absolute atomic E-state index is 9.96. The van der Waals surface area contributed by atoms with Crippen LogP contribution in [0, 0.1) is 0 Å². The van der Waals surface area contributed by atoms with Gasteiger partial charge in [-0.15, -0.1) is 0 Å². The van der Waals surface area contributed by atoms with Crippen molar-refractivity contribution in [3.05, 3.63) is 52.5 Å². The Balaban J connectivity index is 2.14. The summed E-state index contributed by atoms with van der Waals surface area (Å²) in [5.41, 5.74) is 0.836. The molecular weight excluding hydrogens is 247 g/mol. The Morgan fingerprint density at radius 1 is 1.25 bits per heavy atom. The quantitative estimate of drug-likeness (QED) is 0.917. The molecule has 0 saturated heterocycles. The Labute approximate surface area is 103 Å². The van der Waals surface area contributed by atoms with Crippen LogP contribution in [0.15, 0.2) is 36.7 Å². The average molecular weight is 257 g/mol. The summed E-state index contributed by atoms with van der Waals surface area (Å²) >= 11 is 11.6. The van der Waals surface area contributed by atoms with Gasteiger partial charge < -0.3 is 9.67 Å². The number of aliphatic hydroxyl groups is 1. The van der Waals surface area contributed by atoms with Crippen LogP contribution >= 0.6 is 23.2 Å². The molecule has 0 bridgehead atoms. The van der Waals surface area contributed by atoms with Crippen molar-refractivity contribution in [3.8, 4) is 0 Å². The molecule has 0 saturated carbocycles. The number of aliphatic hydroxyl groups excluding tert-OH is 1. The summed E-state index contributed by atoms with van der Waals surface area (Å²) < 4.78 is 1.61. The normalized spacial score (nSPS) is 12.7. The van der Waals surface area contributed by atoms with E-state index in [9.17, 15) is 5.11 Å². The van der Waals surface area contributed by atoms with Crippen LogP contribution < -0.4 is 0 Å². The second-order valence-corrected chi connectivity index (χ2v) is 4.12. The van der Waals surface area contributed by atoms with Crippen molar-refractivity contribution in [2.75, 3.05) is 0 Å². The van der Waals surface area contributed by atoms with Crippen molar-refractivity contribution >= 4 is 23.2 Å². The number of aromatic nitrogens is 2. The zero-order valence-electron chi connectivity index (χ0n) is 8.35. The van der Waals surface area contributed by atoms with E-state index in [0.29, 0.717) is 11.7 Å². The molecule has 2 aromatic rings. The van der Waals surface area contributed by atoms with Gasteiger partial charge in [-0.1, -0.05) is 53.5 Å². The molecule has 16 heavy (non-hydrogen) atoms. The molecule has 2 rings (SSSR count). The lowest BCUT2D eigenvalue weighted by molar-refractivity contribution is 0.156. The smallest absolute Gasteiger partial charge is 0.166 e. The molecule has 84 valence electrons. The maximum Gasteiger partial charge on any atom is 0.166 e. The van der Waals surface area contributed by atoms with Crippen LogP contribution in [0.2, 0.25) is 10.3 Å². The average Bonchev–Trinajstić information content (AvgIpc) is 2.62. The molecule has 0 amide bonds. The number of benzene rings is 1. The summed E-state index contributed by atoms with van der Waals surface area (Å²) in [6, 6.07) is 9.37.